The monoisotopic (exact) mass is 345 g/mol. The van der Waals surface area contributed by atoms with Crippen molar-refractivity contribution < 1.29 is 9.47 Å². The zero-order chi connectivity index (χ0) is 17.3. The van der Waals surface area contributed by atoms with Crippen LogP contribution in [0.15, 0.2) is 34.4 Å². The summed E-state index contributed by atoms with van der Waals surface area (Å²) in [5, 5.41) is 6.01. The third-order valence-electron chi connectivity index (χ3n) is 3.74. The van der Waals surface area contributed by atoms with Crippen LogP contribution in [0.1, 0.15) is 16.0 Å². The lowest BCUT2D eigenvalue weighted by molar-refractivity contribution is 0.306. The van der Waals surface area contributed by atoms with E-state index >= 15 is 0 Å². The third-order valence-corrected chi connectivity index (χ3v) is 4.63. The summed E-state index contributed by atoms with van der Waals surface area (Å²) in [6.45, 7) is 4.42. The van der Waals surface area contributed by atoms with Gasteiger partial charge >= 0.3 is 11.7 Å². The van der Waals surface area contributed by atoms with Crippen LogP contribution < -0.4 is 15.2 Å². The van der Waals surface area contributed by atoms with Crippen molar-refractivity contribution in [2.75, 3.05) is 7.11 Å². The van der Waals surface area contributed by atoms with Gasteiger partial charge in [0.2, 0.25) is 0 Å². The molecule has 0 radical (unpaired) electrons. The lowest BCUT2D eigenvalue weighted by Crippen LogP contribution is -2.22. The first-order valence-corrected chi connectivity index (χ1v) is 8.36. The highest BCUT2D eigenvalue weighted by molar-refractivity contribution is 7.10. The fourth-order valence-corrected chi connectivity index (χ4v) is 3.20. The van der Waals surface area contributed by atoms with Crippen LogP contribution in [-0.2, 0) is 13.7 Å². The molecule has 0 aliphatic rings. The van der Waals surface area contributed by atoms with Crippen LogP contribution in [0.25, 0.3) is 5.69 Å². The van der Waals surface area contributed by atoms with Crippen molar-refractivity contribution in [2.45, 2.75) is 20.5 Å². The van der Waals surface area contributed by atoms with E-state index in [-0.39, 0.29) is 11.7 Å². The summed E-state index contributed by atoms with van der Waals surface area (Å²) in [6, 6.07) is 8.24. The minimum Gasteiger partial charge on any atom is -0.488 e. The van der Waals surface area contributed by atoms with Gasteiger partial charge in [-0.1, -0.05) is 12.1 Å². The molecule has 0 N–H and O–H groups in total. The Hall–Kier alpha value is -2.54. The first-order chi connectivity index (χ1) is 11.5. The zero-order valence-electron chi connectivity index (χ0n) is 14.1. The van der Waals surface area contributed by atoms with Crippen molar-refractivity contribution in [3.05, 3.63) is 56.1 Å². The molecule has 0 amide bonds. The molecule has 126 valence electrons. The van der Waals surface area contributed by atoms with Crippen LogP contribution in [0.4, 0.5) is 0 Å². The fourth-order valence-electron chi connectivity index (χ4n) is 2.43. The maximum absolute atomic E-state index is 12.3. The van der Waals surface area contributed by atoms with Crippen molar-refractivity contribution >= 4 is 11.3 Å². The molecule has 0 aliphatic heterocycles. The highest BCUT2D eigenvalue weighted by Gasteiger charge is 2.18. The van der Waals surface area contributed by atoms with Gasteiger partial charge in [0.1, 0.15) is 12.4 Å². The maximum Gasteiger partial charge on any atom is 0.353 e. The number of ether oxygens (including phenoxy) is 2. The second kappa shape index (κ2) is 6.52. The molecule has 0 spiro atoms. The maximum atomic E-state index is 12.3. The Bertz CT molecular complexity index is 924. The lowest BCUT2D eigenvalue weighted by Gasteiger charge is -2.11. The summed E-state index contributed by atoms with van der Waals surface area (Å²) < 4.78 is 13.9. The Balaban J connectivity index is 1.92. The van der Waals surface area contributed by atoms with Crippen molar-refractivity contribution in [1.82, 2.24) is 14.3 Å². The van der Waals surface area contributed by atoms with E-state index in [0.29, 0.717) is 6.61 Å². The molecule has 3 rings (SSSR count). The predicted molar refractivity (Wildman–Crippen MR) is 93.5 cm³/mol. The molecule has 0 fully saturated rings. The largest absolute Gasteiger partial charge is 0.488 e. The van der Waals surface area contributed by atoms with Gasteiger partial charge in [-0.05, 0) is 42.5 Å². The molecule has 2 aromatic heterocycles. The van der Waals surface area contributed by atoms with E-state index < -0.39 is 0 Å². The number of benzene rings is 1. The number of aromatic nitrogens is 3. The van der Waals surface area contributed by atoms with Gasteiger partial charge in [-0.15, -0.1) is 16.4 Å². The molecule has 3 aromatic rings. The Kier molecular flexibility index (Phi) is 4.44. The van der Waals surface area contributed by atoms with E-state index in [1.165, 1.54) is 27.7 Å². The molecule has 0 bridgehead atoms. The van der Waals surface area contributed by atoms with Crippen molar-refractivity contribution in [3.8, 4) is 17.4 Å². The van der Waals surface area contributed by atoms with Crippen LogP contribution >= 0.6 is 11.3 Å². The molecule has 1 aromatic carbocycles. The van der Waals surface area contributed by atoms with Gasteiger partial charge in [-0.25, -0.2) is 14.0 Å². The molecule has 0 aliphatic carbocycles. The highest BCUT2D eigenvalue weighted by atomic mass is 32.1. The van der Waals surface area contributed by atoms with Crippen molar-refractivity contribution in [2.24, 2.45) is 7.05 Å². The summed E-state index contributed by atoms with van der Waals surface area (Å²) in [4.78, 5) is 13.3. The zero-order valence-corrected chi connectivity index (χ0v) is 14.9. The van der Waals surface area contributed by atoms with E-state index in [4.69, 9.17) is 9.47 Å². The minimum atomic E-state index is -0.252. The summed E-state index contributed by atoms with van der Waals surface area (Å²) >= 11 is 1.53. The van der Waals surface area contributed by atoms with Crippen molar-refractivity contribution in [3.63, 3.8) is 0 Å². The average molecular weight is 345 g/mol. The molecular formula is C17H19N3O3S. The van der Waals surface area contributed by atoms with E-state index in [9.17, 15) is 4.79 Å². The van der Waals surface area contributed by atoms with Gasteiger partial charge < -0.3 is 9.47 Å². The number of hydrogen-bond acceptors (Lipinski definition) is 5. The van der Waals surface area contributed by atoms with Crippen LogP contribution in [0.5, 0.6) is 11.8 Å². The van der Waals surface area contributed by atoms with Crippen molar-refractivity contribution in [1.29, 1.82) is 0 Å². The second-order valence-corrected chi connectivity index (χ2v) is 6.52. The van der Waals surface area contributed by atoms with E-state index in [1.807, 2.05) is 37.4 Å². The van der Waals surface area contributed by atoms with Gasteiger partial charge in [0.25, 0.3) is 0 Å². The van der Waals surface area contributed by atoms with Gasteiger partial charge in [-0.3, -0.25) is 0 Å². The summed E-state index contributed by atoms with van der Waals surface area (Å²) in [5.41, 5.74) is 2.71. The smallest absolute Gasteiger partial charge is 0.353 e. The van der Waals surface area contributed by atoms with Crippen LogP contribution in [0.2, 0.25) is 0 Å². The SMILES string of the molecule is COc1nn(C)c(=O)n1-c1ccsc1COc1cc(C)ccc1C. The first-order valence-electron chi connectivity index (χ1n) is 7.48. The summed E-state index contributed by atoms with van der Waals surface area (Å²) in [7, 11) is 3.09. The number of aryl methyl sites for hydroxylation is 3. The molecule has 0 atom stereocenters. The predicted octanol–water partition coefficient (Wildman–Crippen LogP) is 2.84. The van der Waals surface area contributed by atoms with Gasteiger partial charge in [-0.2, -0.15) is 0 Å². The first kappa shape index (κ1) is 16.3. The van der Waals surface area contributed by atoms with Gasteiger partial charge in [0.15, 0.2) is 0 Å². The van der Waals surface area contributed by atoms with Gasteiger partial charge in [0.05, 0.1) is 17.7 Å². The Morgan fingerprint density at radius 2 is 2.04 bits per heavy atom. The van der Waals surface area contributed by atoms with Crippen LogP contribution in [0.3, 0.4) is 0 Å². The average Bonchev–Trinajstić information content (AvgIpc) is 3.13. The summed E-state index contributed by atoms with van der Waals surface area (Å²) in [5.74, 6) is 0.847. The lowest BCUT2D eigenvalue weighted by atomic mass is 10.1. The normalized spacial score (nSPS) is 10.8. The third kappa shape index (κ3) is 2.94. The highest BCUT2D eigenvalue weighted by Crippen LogP contribution is 2.26. The topological polar surface area (TPSA) is 58.3 Å². The minimum absolute atomic E-state index is 0.252. The molecular weight excluding hydrogens is 326 g/mol. The van der Waals surface area contributed by atoms with E-state index in [0.717, 1.165) is 27.4 Å². The van der Waals surface area contributed by atoms with Crippen LogP contribution in [-0.4, -0.2) is 21.5 Å². The number of nitrogens with zero attached hydrogens (tertiary/aromatic N) is 3. The summed E-state index contributed by atoms with van der Waals surface area (Å²) in [6.07, 6.45) is 0. The number of rotatable bonds is 5. The van der Waals surface area contributed by atoms with E-state index in [1.54, 1.807) is 7.05 Å². The molecule has 0 saturated carbocycles. The number of thiophene rings is 1. The number of methoxy groups -OCH3 is 1. The fraction of sp³-hybridized carbons (Fsp3) is 0.294. The Morgan fingerprint density at radius 3 is 2.79 bits per heavy atom. The molecule has 2 heterocycles. The Labute approximate surface area is 143 Å². The van der Waals surface area contributed by atoms with E-state index in [2.05, 4.69) is 11.2 Å². The number of hydrogen-bond donors (Lipinski definition) is 0. The molecule has 0 unspecified atom stereocenters. The molecule has 6 nitrogen and oxygen atoms in total. The second-order valence-electron chi connectivity index (χ2n) is 5.51. The van der Waals surface area contributed by atoms with Crippen LogP contribution in [0, 0.1) is 13.8 Å². The standard InChI is InChI=1S/C17H19N3O3S/c1-11-5-6-12(2)14(9-11)23-10-15-13(7-8-24-15)20-16(22-4)18-19(3)17(20)21/h5-9H,10H2,1-4H3. The molecule has 0 saturated heterocycles. The quantitative estimate of drug-likeness (QED) is 0.713. The molecule has 7 heteroatoms. The Morgan fingerprint density at radius 1 is 1.25 bits per heavy atom. The molecule has 24 heavy (non-hydrogen) atoms. The van der Waals surface area contributed by atoms with Gasteiger partial charge in [0, 0.05) is 7.05 Å².